The predicted octanol–water partition coefficient (Wildman–Crippen LogP) is 13.4. The minimum atomic E-state index is -0.657. The van der Waals surface area contributed by atoms with E-state index in [0.29, 0.717) is 12.8 Å². The van der Waals surface area contributed by atoms with Gasteiger partial charge in [-0.15, -0.1) is 0 Å². The van der Waals surface area contributed by atoms with Gasteiger partial charge in [-0.25, -0.2) is 0 Å². The number of hydrogen-bond donors (Lipinski definition) is 2. The van der Waals surface area contributed by atoms with Crippen molar-refractivity contribution in [2.45, 2.75) is 232 Å². The van der Waals surface area contributed by atoms with Gasteiger partial charge in [0.05, 0.1) is 0 Å². The van der Waals surface area contributed by atoms with Gasteiger partial charge in [0.1, 0.15) is 0 Å². The molecular formula is C38H76O4. The highest BCUT2D eigenvalue weighted by Crippen LogP contribution is 2.15. The monoisotopic (exact) mass is 597 g/mol. The highest BCUT2D eigenvalue weighted by molar-refractivity contribution is 5.66. The zero-order valence-corrected chi connectivity index (χ0v) is 28.8. The molecule has 0 aliphatic carbocycles. The van der Waals surface area contributed by atoms with Crippen LogP contribution >= 0.6 is 0 Å². The van der Waals surface area contributed by atoms with Crippen molar-refractivity contribution in [3.63, 3.8) is 0 Å². The summed E-state index contributed by atoms with van der Waals surface area (Å²) in [4.78, 5) is 20.7. The molecule has 0 radical (unpaired) electrons. The lowest BCUT2D eigenvalue weighted by atomic mass is 10.0. The van der Waals surface area contributed by atoms with E-state index in [1.807, 2.05) is 0 Å². The molecule has 0 aromatic carbocycles. The van der Waals surface area contributed by atoms with Crippen molar-refractivity contribution < 1.29 is 19.8 Å². The maximum atomic E-state index is 10.4. The molecule has 0 saturated carbocycles. The molecule has 0 bridgehead atoms. The standard InChI is InChI=1S/C24H48O2.C14H28O2/c1-2-3-4-5-6-7-8-9-10-11-12-13-14-15-16-17-18-19-20-21-22-23-24(25)26;1-2-3-4-5-6-7-8-9-10-11-12-13-14(15)16/h2-23H2,1H3,(H,25,26);2-13H2,1H3,(H,15,16). The minimum Gasteiger partial charge on any atom is -0.481 e. The van der Waals surface area contributed by atoms with Crippen LogP contribution in [0.2, 0.25) is 0 Å². The van der Waals surface area contributed by atoms with Crippen molar-refractivity contribution in [1.82, 2.24) is 0 Å². The van der Waals surface area contributed by atoms with E-state index in [1.54, 1.807) is 0 Å². The molecule has 252 valence electrons. The molecule has 0 rings (SSSR count). The van der Waals surface area contributed by atoms with Gasteiger partial charge in [-0.1, -0.05) is 206 Å². The van der Waals surface area contributed by atoms with Crippen molar-refractivity contribution in [2.75, 3.05) is 0 Å². The number of carboxylic acids is 2. The van der Waals surface area contributed by atoms with Gasteiger partial charge in [0, 0.05) is 12.8 Å². The molecule has 0 spiro atoms. The summed E-state index contributed by atoms with van der Waals surface area (Å²) in [5, 5.41) is 17.0. The van der Waals surface area contributed by atoms with E-state index < -0.39 is 11.9 Å². The molecule has 2 N–H and O–H groups in total. The Morgan fingerprint density at radius 3 is 0.571 bits per heavy atom. The number of rotatable bonds is 34. The van der Waals surface area contributed by atoms with E-state index in [9.17, 15) is 9.59 Å². The van der Waals surface area contributed by atoms with Crippen LogP contribution < -0.4 is 0 Å². The fraction of sp³-hybridized carbons (Fsp3) is 0.947. The van der Waals surface area contributed by atoms with Crippen LogP contribution in [-0.4, -0.2) is 22.2 Å². The third-order valence-corrected chi connectivity index (χ3v) is 8.49. The molecule has 4 heteroatoms. The van der Waals surface area contributed by atoms with E-state index in [2.05, 4.69) is 13.8 Å². The Balaban J connectivity index is 0. The lowest BCUT2D eigenvalue weighted by molar-refractivity contribution is -0.138. The summed E-state index contributed by atoms with van der Waals surface area (Å²) in [6, 6.07) is 0. The predicted molar refractivity (Wildman–Crippen MR) is 184 cm³/mol. The number of hydrogen-bond acceptors (Lipinski definition) is 2. The maximum Gasteiger partial charge on any atom is 0.303 e. The quantitative estimate of drug-likeness (QED) is 0.0724. The first-order valence-electron chi connectivity index (χ1n) is 19.0. The van der Waals surface area contributed by atoms with Gasteiger partial charge in [-0.2, -0.15) is 0 Å². The number of aliphatic carboxylic acids is 2. The Morgan fingerprint density at radius 1 is 0.286 bits per heavy atom. The number of carboxylic acid groups (broad SMARTS) is 2. The minimum absolute atomic E-state index is 0.344. The first-order valence-corrected chi connectivity index (χ1v) is 19.0. The van der Waals surface area contributed by atoms with Crippen molar-refractivity contribution in [1.29, 1.82) is 0 Å². The van der Waals surface area contributed by atoms with E-state index in [-0.39, 0.29) is 0 Å². The van der Waals surface area contributed by atoms with Crippen LogP contribution in [0.25, 0.3) is 0 Å². The van der Waals surface area contributed by atoms with E-state index in [4.69, 9.17) is 10.2 Å². The molecule has 0 fully saturated rings. The largest absolute Gasteiger partial charge is 0.481 e. The molecule has 0 unspecified atom stereocenters. The Morgan fingerprint density at radius 2 is 0.429 bits per heavy atom. The van der Waals surface area contributed by atoms with Gasteiger partial charge < -0.3 is 10.2 Å². The summed E-state index contributed by atoms with van der Waals surface area (Å²) in [5.74, 6) is -1.31. The third kappa shape index (κ3) is 45.9. The Kier molecular flexibility index (Phi) is 41.0. The summed E-state index contributed by atoms with van der Waals surface area (Å²) in [6.45, 7) is 4.53. The van der Waals surface area contributed by atoms with Crippen LogP contribution in [0.15, 0.2) is 0 Å². The van der Waals surface area contributed by atoms with Crippen LogP contribution in [0, 0.1) is 0 Å². The van der Waals surface area contributed by atoms with Crippen molar-refractivity contribution in [2.24, 2.45) is 0 Å². The normalized spacial score (nSPS) is 10.9. The molecule has 0 amide bonds. The lowest BCUT2D eigenvalue weighted by Crippen LogP contribution is -1.93. The second-order valence-electron chi connectivity index (χ2n) is 12.9. The molecule has 0 aromatic heterocycles. The fourth-order valence-corrected chi connectivity index (χ4v) is 5.65. The molecule has 0 saturated heterocycles. The lowest BCUT2D eigenvalue weighted by Gasteiger charge is -2.04. The average molecular weight is 597 g/mol. The molecule has 0 aliphatic heterocycles. The first-order chi connectivity index (χ1) is 20.5. The van der Waals surface area contributed by atoms with Gasteiger partial charge in [0.2, 0.25) is 0 Å². The molecule has 4 nitrogen and oxygen atoms in total. The van der Waals surface area contributed by atoms with Crippen LogP contribution in [0.1, 0.15) is 232 Å². The zero-order chi connectivity index (χ0) is 31.2. The average Bonchev–Trinajstić information content (AvgIpc) is 2.97. The van der Waals surface area contributed by atoms with Crippen LogP contribution in [0.3, 0.4) is 0 Å². The smallest absolute Gasteiger partial charge is 0.303 e. The Hall–Kier alpha value is -1.06. The molecule has 0 atom stereocenters. The van der Waals surface area contributed by atoms with E-state index >= 15 is 0 Å². The van der Waals surface area contributed by atoms with E-state index in [1.165, 1.54) is 180 Å². The molecule has 0 heterocycles. The van der Waals surface area contributed by atoms with E-state index in [0.717, 1.165) is 25.7 Å². The highest BCUT2D eigenvalue weighted by Gasteiger charge is 1.98. The topological polar surface area (TPSA) is 74.6 Å². The fourth-order valence-electron chi connectivity index (χ4n) is 5.65. The van der Waals surface area contributed by atoms with Gasteiger partial charge in [-0.05, 0) is 12.8 Å². The number of unbranched alkanes of at least 4 members (excludes halogenated alkanes) is 30. The summed E-state index contributed by atoms with van der Waals surface area (Å²) < 4.78 is 0. The van der Waals surface area contributed by atoms with Crippen molar-refractivity contribution in [3.8, 4) is 0 Å². The maximum absolute atomic E-state index is 10.4. The summed E-state index contributed by atoms with van der Waals surface area (Å²) >= 11 is 0. The summed E-state index contributed by atoms with van der Waals surface area (Å²) in [5.41, 5.74) is 0. The second kappa shape index (κ2) is 39.9. The zero-order valence-electron chi connectivity index (χ0n) is 28.8. The highest BCUT2D eigenvalue weighted by atomic mass is 16.4. The van der Waals surface area contributed by atoms with Crippen LogP contribution in [0.4, 0.5) is 0 Å². The number of carbonyl (C=O) groups is 2. The van der Waals surface area contributed by atoms with Crippen LogP contribution in [-0.2, 0) is 9.59 Å². The summed E-state index contributed by atoms with van der Waals surface area (Å²) in [7, 11) is 0. The molecule has 42 heavy (non-hydrogen) atoms. The summed E-state index contributed by atoms with van der Waals surface area (Å²) in [6.07, 6.45) is 43.4. The molecule has 0 aromatic rings. The van der Waals surface area contributed by atoms with Gasteiger partial charge >= 0.3 is 11.9 Å². The van der Waals surface area contributed by atoms with Crippen LogP contribution in [0.5, 0.6) is 0 Å². The molecular weight excluding hydrogens is 520 g/mol. The van der Waals surface area contributed by atoms with Gasteiger partial charge in [0.25, 0.3) is 0 Å². The SMILES string of the molecule is CCCCCCCCCCCCCC(=O)O.CCCCCCCCCCCCCCCCCCCCCCCC(=O)O. The van der Waals surface area contributed by atoms with Gasteiger partial charge in [-0.3, -0.25) is 9.59 Å². The molecule has 0 aliphatic rings. The Bertz CT molecular complexity index is 519. The van der Waals surface area contributed by atoms with Crippen molar-refractivity contribution >= 4 is 11.9 Å². The third-order valence-electron chi connectivity index (χ3n) is 8.49. The van der Waals surface area contributed by atoms with Crippen molar-refractivity contribution in [3.05, 3.63) is 0 Å². The van der Waals surface area contributed by atoms with Gasteiger partial charge in [0.15, 0.2) is 0 Å². The first kappa shape index (κ1) is 43.1. The second-order valence-corrected chi connectivity index (χ2v) is 12.9. The Labute approximate surface area is 263 Å².